The van der Waals surface area contributed by atoms with E-state index in [0.29, 0.717) is 44.1 Å². The van der Waals surface area contributed by atoms with Gasteiger partial charge in [0, 0.05) is 18.4 Å². The average Bonchev–Trinajstić information content (AvgIpc) is 3.29. The van der Waals surface area contributed by atoms with Crippen LogP contribution < -0.4 is 0 Å². The highest BCUT2D eigenvalue weighted by Gasteiger charge is 2.79. The molecule has 4 aliphatic carbocycles. The van der Waals surface area contributed by atoms with Crippen molar-refractivity contribution in [2.45, 2.75) is 88.3 Å². The van der Waals surface area contributed by atoms with Crippen LogP contribution >= 0.6 is 0 Å². The fourth-order valence-electron chi connectivity index (χ4n) is 9.19. The zero-order valence-electron chi connectivity index (χ0n) is 17.1. The molecule has 6 aliphatic rings. The third-order valence-electron chi connectivity index (χ3n) is 10.3. The fraction of sp³-hybridized carbons (Fsp3) is 0.870. The molecule has 5 fully saturated rings. The van der Waals surface area contributed by atoms with E-state index in [4.69, 9.17) is 9.47 Å². The first-order valence-corrected chi connectivity index (χ1v) is 11.4. The summed E-state index contributed by atoms with van der Waals surface area (Å²) >= 11 is 0. The molecule has 0 radical (unpaired) electrons. The smallest absolute Gasteiger partial charge is 0.331 e. The van der Waals surface area contributed by atoms with Gasteiger partial charge >= 0.3 is 5.97 Å². The molecule has 2 aliphatic heterocycles. The van der Waals surface area contributed by atoms with Crippen molar-refractivity contribution in [3.8, 4) is 0 Å². The largest absolute Gasteiger partial charge is 0.458 e. The number of rotatable bonds is 1. The Hall–Kier alpha value is -0.950. The molecule has 0 amide bonds. The number of carbonyl (C=O) groups excluding carboxylic acids is 1. The standard InChI is InChI=1S/C23H32O6/c1-20-6-5-17-22-7-4-14(24)11-21(22,27)8-9-23(17,29-19(22)26)16(20)3-2-15(20)13-10-18(25)28-12-13/h10,14-17,19,24,26-27H,2-9,11-12H2,1H3/t14-,15+,16+,17?,19?,20+,21-,22+,23+/m0/s1. The van der Waals surface area contributed by atoms with Crippen LogP contribution in [-0.4, -0.2) is 51.5 Å². The van der Waals surface area contributed by atoms with Gasteiger partial charge in [-0.25, -0.2) is 4.79 Å². The molecule has 2 bridgehead atoms. The topological polar surface area (TPSA) is 96.2 Å². The number of hydrogen-bond acceptors (Lipinski definition) is 6. The molecule has 0 aromatic carbocycles. The zero-order valence-corrected chi connectivity index (χ0v) is 17.1. The number of fused-ring (bicyclic) bond motifs is 1. The monoisotopic (exact) mass is 404 g/mol. The van der Waals surface area contributed by atoms with Gasteiger partial charge in [-0.15, -0.1) is 0 Å². The van der Waals surface area contributed by atoms with Crippen molar-refractivity contribution in [2.75, 3.05) is 6.61 Å². The molecular formula is C23H32O6. The molecule has 6 heteroatoms. The summed E-state index contributed by atoms with van der Waals surface area (Å²) in [6.07, 6.45) is 7.10. The minimum atomic E-state index is -1.05. The number of esters is 1. The third-order valence-corrected chi connectivity index (χ3v) is 10.3. The number of cyclic esters (lactones) is 1. The van der Waals surface area contributed by atoms with E-state index in [2.05, 4.69) is 6.92 Å². The minimum absolute atomic E-state index is 0.0190. The molecule has 0 aromatic rings. The Kier molecular flexibility index (Phi) is 3.65. The van der Waals surface area contributed by atoms with Crippen LogP contribution in [0.25, 0.3) is 0 Å². The second-order valence-electron chi connectivity index (χ2n) is 11.0. The summed E-state index contributed by atoms with van der Waals surface area (Å²) in [6.45, 7) is 2.75. The third kappa shape index (κ3) is 2.05. The number of aliphatic hydroxyl groups excluding tert-OH is 2. The van der Waals surface area contributed by atoms with Crippen LogP contribution in [0.1, 0.15) is 64.7 Å². The molecule has 1 saturated heterocycles. The van der Waals surface area contributed by atoms with Crippen LogP contribution in [-0.2, 0) is 14.3 Å². The van der Waals surface area contributed by atoms with Gasteiger partial charge in [0.2, 0.25) is 0 Å². The van der Waals surface area contributed by atoms with E-state index in [1.54, 1.807) is 6.08 Å². The van der Waals surface area contributed by atoms with E-state index < -0.39 is 29.0 Å². The summed E-state index contributed by atoms with van der Waals surface area (Å²) in [5, 5.41) is 33.1. The lowest BCUT2D eigenvalue weighted by molar-refractivity contribution is -0.231. The lowest BCUT2D eigenvalue weighted by atomic mass is 9.42. The molecule has 6 nitrogen and oxygen atoms in total. The Morgan fingerprint density at radius 1 is 1.03 bits per heavy atom. The maximum atomic E-state index is 11.7. The van der Waals surface area contributed by atoms with E-state index >= 15 is 0 Å². The maximum Gasteiger partial charge on any atom is 0.331 e. The van der Waals surface area contributed by atoms with Crippen LogP contribution in [0.15, 0.2) is 11.6 Å². The highest BCUT2D eigenvalue weighted by Crippen LogP contribution is 2.75. The molecule has 0 aromatic heterocycles. The first kappa shape index (κ1) is 18.8. The summed E-state index contributed by atoms with van der Waals surface area (Å²) in [4.78, 5) is 11.7. The van der Waals surface area contributed by atoms with Crippen LogP contribution in [0.5, 0.6) is 0 Å². The number of aliphatic hydroxyl groups is 3. The Labute approximate surface area is 171 Å². The van der Waals surface area contributed by atoms with Gasteiger partial charge in [-0.2, -0.15) is 0 Å². The minimum Gasteiger partial charge on any atom is -0.458 e. The van der Waals surface area contributed by atoms with Crippen LogP contribution in [0.4, 0.5) is 0 Å². The maximum absolute atomic E-state index is 11.7. The number of hydrogen-bond donors (Lipinski definition) is 3. The summed E-state index contributed by atoms with van der Waals surface area (Å²) in [7, 11) is 0. The molecule has 29 heavy (non-hydrogen) atoms. The van der Waals surface area contributed by atoms with E-state index in [-0.39, 0.29) is 17.3 Å². The van der Waals surface area contributed by atoms with Crippen LogP contribution in [0, 0.1) is 28.6 Å². The van der Waals surface area contributed by atoms with Crippen molar-refractivity contribution in [3.05, 3.63) is 11.6 Å². The van der Waals surface area contributed by atoms with Gasteiger partial charge in [0.15, 0.2) is 6.29 Å². The van der Waals surface area contributed by atoms with Gasteiger partial charge in [0.25, 0.3) is 0 Å². The second-order valence-corrected chi connectivity index (χ2v) is 11.0. The van der Waals surface area contributed by atoms with E-state index in [0.717, 1.165) is 37.7 Å². The Morgan fingerprint density at radius 2 is 1.86 bits per heavy atom. The Morgan fingerprint density at radius 3 is 2.62 bits per heavy atom. The molecule has 1 spiro atoms. The molecule has 160 valence electrons. The van der Waals surface area contributed by atoms with E-state index in [9.17, 15) is 20.1 Å². The molecule has 2 heterocycles. The molecule has 9 atom stereocenters. The second kappa shape index (κ2) is 5.64. The highest BCUT2D eigenvalue weighted by molar-refractivity contribution is 5.85. The zero-order chi connectivity index (χ0) is 20.2. The van der Waals surface area contributed by atoms with Gasteiger partial charge < -0.3 is 24.8 Å². The van der Waals surface area contributed by atoms with Gasteiger partial charge in [-0.05, 0) is 74.2 Å². The van der Waals surface area contributed by atoms with Crippen molar-refractivity contribution in [3.63, 3.8) is 0 Å². The molecule has 4 saturated carbocycles. The lowest BCUT2D eigenvalue weighted by Crippen LogP contribution is -2.67. The predicted octanol–water partition coefficient (Wildman–Crippen LogP) is 2.06. The van der Waals surface area contributed by atoms with E-state index in [1.807, 2.05) is 0 Å². The van der Waals surface area contributed by atoms with E-state index in [1.165, 1.54) is 0 Å². The van der Waals surface area contributed by atoms with Crippen molar-refractivity contribution in [2.24, 2.45) is 28.6 Å². The summed E-state index contributed by atoms with van der Waals surface area (Å²) in [5.74, 6) is 0.527. The quantitative estimate of drug-likeness (QED) is 0.579. The average molecular weight is 405 g/mol. The van der Waals surface area contributed by atoms with Crippen molar-refractivity contribution in [1.29, 1.82) is 0 Å². The first-order valence-electron chi connectivity index (χ1n) is 11.4. The Bertz CT molecular complexity index is 794. The van der Waals surface area contributed by atoms with Gasteiger partial charge in [-0.1, -0.05) is 6.92 Å². The summed E-state index contributed by atoms with van der Waals surface area (Å²) in [6, 6.07) is 0. The highest BCUT2D eigenvalue weighted by atomic mass is 16.6. The molecule has 2 unspecified atom stereocenters. The lowest BCUT2D eigenvalue weighted by Gasteiger charge is -2.63. The summed E-state index contributed by atoms with van der Waals surface area (Å²) < 4.78 is 11.8. The van der Waals surface area contributed by atoms with Crippen molar-refractivity contribution in [1.82, 2.24) is 0 Å². The fourth-order valence-corrected chi connectivity index (χ4v) is 9.19. The van der Waals surface area contributed by atoms with Crippen LogP contribution in [0.3, 0.4) is 0 Å². The van der Waals surface area contributed by atoms with Crippen LogP contribution in [0.2, 0.25) is 0 Å². The SMILES string of the molecule is C[C@]12CCC3[C@@]45CC[C@H](O)C[C@@]4(O)CC[C@@]3(OC5O)[C@@H]1CC[C@@H]2C1=CC(=O)OC1. The first-order chi connectivity index (χ1) is 13.8. The van der Waals surface area contributed by atoms with Gasteiger partial charge in [0.1, 0.15) is 6.61 Å². The Balaban J connectivity index is 1.40. The predicted molar refractivity (Wildman–Crippen MR) is 102 cm³/mol. The molecule has 6 rings (SSSR count). The molecule has 3 N–H and O–H groups in total. The van der Waals surface area contributed by atoms with Gasteiger partial charge in [0.05, 0.1) is 22.7 Å². The van der Waals surface area contributed by atoms with Crippen molar-refractivity contribution < 1.29 is 29.6 Å². The normalized spacial score (nSPS) is 58.3. The molecular weight excluding hydrogens is 372 g/mol. The number of ether oxygens (including phenoxy) is 2. The van der Waals surface area contributed by atoms with Gasteiger partial charge in [-0.3, -0.25) is 0 Å². The summed E-state index contributed by atoms with van der Waals surface area (Å²) in [5.41, 5.74) is -0.967. The number of carbonyl (C=O) groups is 1. The van der Waals surface area contributed by atoms with Crippen molar-refractivity contribution >= 4 is 5.97 Å².